The molecular formula is C18H37N3. The smallest absolute Gasteiger partial charge is 0.125 e. The molecule has 1 unspecified atom stereocenters. The lowest BCUT2D eigenvalue weighted by Crippen LogP contribution is -2.35. The SMILES string of the molecule is CCCCC(CCCC)/C1=N/NCC(C)(C)CC(C)CN1. The largest absolute Gasteiger partial charge is 0.372 e. The molecule has 1 aliphatic rings. The molecule has 0 saturated carbocycles. The molecule has 0 saturated heterocycles. The van der Waals surface area contributed by atoms with E-state index in [9.17, 15) is 0 Å². The molecule has 1 atom stereocenters. The van der Waals surface area contributed by atoms with Crippen LogP contribution in [0.5, 0.6) is 0 Å². The molecule has 0 aromatic carbocycles. The Morgan fingerprint density at radius 3 is 2.38 bits per heavy atom. The van der Waals surface area contributed by atoms with Gasteiger partial charge in [0.1, 0.15) is 5.84 Å². The van der Waals surface area contributed by atoms with Gasteiger partial charge in [-0.3, -0.25) is 0 Å². The van der Waals surface area contributed by atoms with Crippen molar-refractivity contribution in [1.82, 2.24) is 10.7 Å². The third-order valence-corrected chi connectivity index (χ3v) is 4.49. The third kappa shape index (κ3) is 7.19. The monoisotopic (exact) mass is 295 g/mol. The van der Waals surface area contributed by atoms with E-state index in [2.05, 4.69) is 45.4 Å². The van der Waals surface area contributed by atoms with Gasteiger partial charge in [0.2, 0.25) is 0 Å². The molecular weight excluding hydrogens is 258 g/mol. The van der Waals surface area contributed by atoms with Crippen LogP contribution >= 0.6 is 0 Å². The van der Waals surface area contributed by atoms with E-state index in [1.807, 2.05) is 0 Å². The van der Waals surface area contributed by atoms with E-state index in [1.165, 1.54) is 50.8 Å². The summed E-state index contributed by atoms with van der Waals surface area (Å²) in [6, 6.07) is 0. The van der Waals surface area contributed by atoms with Crippen LogP contribution in [0.3, 0.4) is 0 Å². The highest BCUT2D eigenvalue weighted by molar-refractivity contribution is 5.84. The fourth-order valence-electron chi connectivity index (χ4n) is 3.30. The van der Waals surface area contributed by atoms with Gasteiger partial charge in [-0.15, -0.1) is 0 Å². The van der Waals surface area contributed by atoms with E-state index in [1.54, 1.807) is 0 Å². The Kier molecular flexibility index (Phi) is 8.13. The van der Waals surface area contributed by atoms with Gasteiger partial charge < -0.3 is 10.7 Å². The predicted molar refractivity (Wildman–Crippen MR) is 93.5 cm³/mol. The standard InChI is InChI=1S/C18H37N3/c1-6-8-10-16(11-9-7-2)17-19-13-15(3)12-18(4,5)14-20-21-17/h15-16,20H,6-14H2,1-5H3,(H,19,21). The van der Waals surface area contributed by atoms with Gasteiger partial charge in [-0.1, -0.05) is 60.3 Å². The van der Waals surface area contributed by atoms with Gasteiger partial charge in [0.15, 0.2) is 0 Å². The molecule has 1 heterocycles. The van der Waals surface area contributed by atoms with Gasteiger partial charge in [-0.05, 0) is 30.6 Å². The molecule has 3 heteroatoms. The minimum absolute atomic E-state index is 0.322. The molecule has 124 valence electrons. The summed E-state index contributed by atoms with van der Waals surface area (Å²) in [5.41, 5.74) is 3.67. The Hall–Kier alpha value is -0.730. The number of hydrogen-bond donors (Lipinski definition) is 2. The maximum absolute atomic E-state index is 4.73. The summed E-state index contributed by atoms with van der Waals surface area (Å²) in [6.45, 7) is 13.6. The summed E-state index contributed by atoms with van der Waals surface area (Å²) in [5.74, 6) is 2.51. The third-order valence-electron chi connectivity index (χ3n) is 4.49. The number of hydrogen-bond acceptors (Lipinski definition) is 3. The van der Waals surface area contributed by atoms with Crippen molar-refractivity contribution in [2.75, 3.05) is 13.1 Å². The Labute approximate surface area is 132 Å². The van der Waals surface area contributed by atoms with E-state index < -0.39 is 0 Å². The summed E-state index contributed by atoms with van der Waals surface area (Å²) in [4.78, 5) is 0. The molecule has 0 radical (unpaired) electrons. The van der Waals surface area contributed by atoms with Crippen molar-refractivity contribution in [3.63, 3.8) is 0 Å². The zero-order valence-corrected chi connectivity index (χ0v) is 15.0. The average Bonchev–Trinajstić information content (AvgIpc) is 2.48. The summed E-state index contributed by atoms with van der Waals surface area (Å²) < 4.78 is 0. The van der Waals surface area contributed by atoms with Crippen LogP contribution in [0.4, 0.5) is 0 Å². The number of hydrazone groups is 1. The van der Waals surface area contributed by atoms with Crippen molar-refractivity contribution in [3.05, 3.63) is 0 Å². The highest BCUT2D eigenvalue weighted by Gasteiger charge is 2.24. The van der Waals surface area contributed by atoms with E-state index in [0.717, 1.165) is 13.1 Å². The second kappa shape index (κ2) is 9.32. The van der Waals surface area contributed by atoms with Gasteiger partial charge in [0.25, 0.3) is 0 Å². The first kappa shape index (κ1) is 18.3. The molecule has 21 heavy (non-hydrogen) atoms. The van der Waals surface area contributed by atoms with Gasteiger partial charge >= 0.3 is 0 Å². The number of amidine groups is 1. The zero-order valence-electron chi connectivity index (χ0n) is 15.0. The van der Waals surface area contributed by atoms with E-state index >= 15 is 0 Å². The highest BCUT2D eigenvalue weighted by atomic mass is 15.3. The van der Waals surface area contributed by atoms with Crippen LogP contribution in [-0.2, 0) is 0 Å². The van der Waals surface area contributed by atoms with Crippen molar-refractivity contribution < 1.29 is 0 Å². The van der Waals surface area contributed by atoms with Crippen molar-refractivity contribution in [2.45, 2.75) is 79.6 Å². The molecule has 0 spiro atoms. The lowest BCUT2D eigenvalue weighted by molar-refractivity contribution is 0.270. The Morgan fingerprint density at radius 2 is 1.81 bits per heavy atom. The molecule has 2 N–H and O–H groups in total. The Balaban J connectivity index is 2.73. The van der Waals surface area contributed by atoms with Gasteiger partial charge in [0.05, 0.1) is 0 Å². The number of nitrogens with zero attached hydrogens (tertiary/aromatic N) is 1. The van der Waals surface area contributed by atoms with E-state index in [-0.39, 0.29) is 0 Å². The van der Waals surface area contributed by atoms with Crippen LogP contribution in [-0.4, -0.2) is 18.9 Å². The summed E-state index contributed by atoms with van der Waals surface area (Å²) in [7, 11) is 0. The number of nitrogens with one attached hydrogen (secondary N) is 2. The van der Waals surface area contributed by atoms with Crippen molar-refractivity contribution in [1.29, 1.82) is 0 Å². The Morgan fingerprint density at radius 1 is 1.19 bits per heavy atom. The van der Waals surface area contributed by atoms with Crippen molar-refractivity contribution in [3.8, 4) is 0 Å². The molecule has 0 fully saturated rings. The first-order valence-electron chi connectivity index (χ1n) is 9.02. The molecule has 0 bridgehead atoms. The number of rotatable bonds is 7. The fraction of sp³-hybridized carbons (Fsp3) is 0.944. The van der Waals surface area contributed by atoms with E-state index in [0.29, 0.717) is 17.3 Å². The zero-order chi connectivity index (χ0) is 15.7. The van der Waals surface area contributed by atoms with Crippen LogP contribution in [0.15, 0.2) is 5.10 Å². The quantitative estimate of drug-likeness (QED) is 0.723. The minimum Gasteiger partial charge on any atom is -0.372 e. The van der Waals surface area contributed by atoms with Crippen LogP contribution in [0.25, 0.3) is 0 Å². The molecule has 0 aliphatic carbocycles. The first-order valence-corrected chi connectivity index (χ1v) is 9.02. The fourth-order valence-corrected chi connectivity index (χ4v) is 3.30. The lowest BCUT2D eigenvalue weighted by Gasteiger charge is -2.26. The molecule has 0 aromatic rings. The second-order valence-electron chi connectivity index (χ2n) is 7.67. The van der Waals surface area contributed by atoms with Crippen LogP contribution in [0, 0.1) is 17.3 Å². The maximum Gasteiger partial charge on any atom is 0.125 e. The molecule has 0 aromatic heterocycles. The van der Waals surface area contributed by atoms with Crippen molar-refractivity contribution >= 4 is 5.84 Å². The average molecular weight is 296 g/mol. The molecule has 1 rings (SSSR count). The van der Waals surface area contributed by atoms with Crippen LogP contribution < -0.4 is 10.7 Å². The molecule has 1 aliphatic heterocycles. The lowest BCUT2D eigenvalue weighted by atomic mass is 9.83. The second-order valence-corrected chi connectivity index (χ2v) is 7.67. The topological polar surface area (TPSA) is 36.4 Å². The van der Waals surface area contributed by atoms with Crippen LogP contribution in [0.2, 0.25) is 0 Å². The van der Waals surface area contributed by atoms with Gasteiger partial charge in [-0.2, -0.15) is 5.10 Å². The molecule has 3 nitrogen and oxygen atoms in total. The van der Waals surface area contributed by atoms with Crippen LogP contribution in [0.1, 0.15) is 79.6 Å². The predicted octanol–water partition coefficient (Wildman–Crippen LogP) is 4.54. The Bertz CT molecular complexity index is 302. The first-order chi connectivity index (χ1) is 9.98. The summed E-state index contributed by atoms with van der Waals surface area (Å²) in [6.07, 6.45) is 8.92. The maximum atomic E-state index is 4.73. The van der Waals surface area contributed by atoms with Gasteiger partial charge in [0, 0.05) is 19.0 Å². The normalized spacial score (nSPS) is 25.0. The summed E-state index contributed by atoms with van der Waals surface area (Å²) in [5, 5.41) is 8.39. The highest BCUT2D eigenvalue weighted by Crippen LogP contribution is 2.25. The molecule has 0 amide bonds. The van der Waals surface area contributed by atoms with Gasteiger partial charge in [-0.25, -0.2) is 0 Å². The summed E-state index contributed by atoms with van der Waals surface area (Å²) >= 11 is 0. The van der Waals surface area contributed by atoms with Crippen molar-refractivity contribution in [2.24, 2.45) is 22.4 Å². The van der Waals surface area contributed by atoms with E-state index in [4.69, 9.17) is 5.10 Å². The number of unbranched alkanes of at least 4 members (excludes halogenated alkanes) is 2. The minimum atomic E-state index is 0.322.